The maximum absolute atomic E-state index is 12.5. The summed E-state index contributed by atoms with van der Waals surface area (Å²) in [5, 5.41) is 20.4. The van der Waals surface area contributed by atoms with Gasteiger partial charge in [0, 0.05) is 11.6 Å². The van der Waals surface area contributed by atoms with Crippen LogP contribution < -0.4 is 10.1 Å². The second kappa shape index (κ2) is 13.2. The minimum Gasteiger partial charge on any atom is -0.491 e. The van der Waals surface area contributed by atoms with Crippen LogP contribution in [0.2, 0.25) is 0 Å². The third kappa shape index (κ3) is 8.13. The van der Waals surface area contributed by atoms with Gasteiger partial charge in [-0.05, 0) is 48.4 Å². The lowest BCUT2D eigenvalue weighted by Crippen LogP contribution is -2.23. The Morgan fingerprint density at radius 2 is 1.81 bits per heavy atom. The average Bonchev–Trinajstić information content (AvgIpc) is 2.81. The Morgan fingerprint density at radius 3 is 2.41 bits per heavy atom. The molecule has 0 bridgehead atoms. The number of aliphatic hydroxyl groups is 1. The molecule has 0 aliphatic rings. The van der Waals surface area contributed by atoms with E-state index in [2.05, 4.69) is 17.9 Å². The van der Waals surface area contributed by atoms with Gasteiger partial charge in [0.05, 0.1) is 30.6 Å². The molecule has 0 spiro atoms. The van der Waals surface area contributed by atoms with Gasteiger partial charge in [-0.25, -0.2) is 4.79 Å². The van der Waals surface area contributed by atoms with Gasteiger partial charge in [0.25, 0.3) is 0 Å². The number of nitrogens with one attached hydrogen (secondary N) is 1. The first-order valence-corrected chi connectivity index (χ1v) is 10.7. The normalized spacial score (nSPS) is 12.2. The van der Waals surface area contributed by atoms with E-state index in [1.807, 2.05) is 13.0 Å². The van der Waals surface area contributed by atoms with E-state index in [0.717, 1.165) is 5.56 Å². The average molecular weight is 459 g/mol. The molecule has 0 aromatic heterocycles. The summed E-state index contributed by atoms with van der Waals surface area (Å²) in [5.41, 5.74) is 1.72. The van der Waals surface area contributed by atoms with Gasteiger partial charge in [-0.1, -0.05) is 19.1 Å². The molecule has 9 heteroatoms. The number of ether oxygens (including phenoxy) is 3. The molecule has 0 fully saturated rings. The zero-order chi connectivity index (χ0) is 23.3. The molecule has 2 aromatic rings. The summed E-state index contributed by atoms with van der Waals surface area (Å²) in [5.74, 6) is -0.00380. The van der Waals surface area contributed by atoms with E-state index in [0.29, 0.717) is 23.4 Å². The fraction of sp³-hybridized carbons (Fsp3) is 0.348. The Labute approximate surface area is 192 Å². The molecule has 0 unspecified atom stereocenters. The van der Waals surface area contributed by atoms with E-state index >= 15 is 0 Å². The van der Waals surface area contributed by atoms with Gasteiger partial charge in [-0.3, -0.25) is 10.1 Å². The first kappa shape index (κ1) is 25.0. The van der Waals surface area contributed by atoms with Crippen LogP contribution in [-0.4, -0.2) is 42.7 Å². The molecule has 0 saturated carbocycles. The van der Waals surface area contributed by atoms with Gasteiger partial charge in [-0.2, -0.15) is 17.9 Å². The van der Waals surface area contributed by atoms with E-state index in [4.69, 9.17) is 24.6 Å². The van der Waals surface area contributed by atoms with Crippen LogP contribution >= 0.6 is 12.6 Å². The fourth-order valence-corrected chi connectivity index (χ4v) is 2.97. The molecule has 2 atom stereocenters. The summed E-state index contributed by atoms with van der Waals surface area (Å²) < 4.78 is 16.2. The number of thiol groups is 1. The lowest BCUT2D eigenvalue weighted by atomic mass is 9.94. The van der Waals surface area contributed by atoms with E-state index in [1.165, 1.54) is 0 Å². The highest BCUT2D eigenvalue weighted by molar-refractivity contribution is 7.81. The minimum atomic E-state index is -0.653. The molecule has 8 nitrogen and oxygen atoms in total. The predicted octanol–water partition coefficient (Wildman–Crippen LogP) is 3.72. The first-order chi connectivity index (χ1) is 15.5. The first-order valence-electron chi connectivity index (χ1n) is 10.0. The summed E-state index contributed by atoms with van der Waals surface area (Å²) in [7, 11) is 0. The third-order valence-corrected chi connectivity index (χ3v) is 4.80. The van der Waals surface area contributed by atoms with Crippen molar-refractivity contribution < 1.29 is 28.9 Å². The number of nitrogens with zero attached hydrogens (tertiary/aromatic N) is 1. The monoisotopic (exact) mass is 458 g/mol. The van der Waals surface area contributed by atoms with Crippen molar-refractivity contribution >= 4 is 30.4 Å². The van der Waals surface area contributed by atoms with E-state index in [-0.39, 0.29) is 31.5 Å². The molecule has 170 valence electrons. The number of aliphatic hydroxyl groups excluding tert-OH is 1. The Hall–Kier alpha value is -3.22. The highest BCUT2D eigenvalue weighted by Crippen LogP contribution is 2.30. The number of hydrogen-bond donors (Lipinski definition) is 3. The van der Waals surface area contributed by atoms with Crippen molar-refractivity contribution in [2.24, 2.45) is 5.92 Å². The van der Waals surface area contributed by atoms with Gasteiger partial charge >= 0.3 is 12.1 Å². The van der Waals surface area contributed by atoms with Crippen molar-refractivity contribution in [3.8, 4) is 11.8 Å². The number of rotatable bonds is 11. The van der Waals surface area contributed by atoms with Crippen molar-refractivity contribution in [3.63, 3.8) is 0 Å². The summed E-state index contributed by atoms with van der Waals surface area (Å²) in [6.45, 7) is 2.16. The van der Waals surface area contributed by atoms with E-state index in [1.54, 1.807) is 48.5 Å². The highest BCUT2D eigenvalue weighted by Gasteiger charge is 2.24. The summed E-state index contributed by atoms with van der Waals surface area (Å²) in [6, 6.07) is 15.5. The van der Waals surface area contributed by atoms with Crippen LogP contribution in [0.5, 0.6) is 5.75 Å². The Bertz CT molecular complexity index is 912. The smallest absolute Gasteiger partial charge is 0.412 e. The van der Waals surface area contributed by atoms with Crippen LogP contribution in [-0.2, 0) is 14.3 Å². The minimum absolute atomic E-state index is 0.00336. The molecular weight excluding hydrogens is 432 g/mol. The van der Waals surface area contributed by atoms with Crippen molar-refractivity contribution in [2.75, 3.05) is 30.9 Å². The number of amides is 1. The lowest BCUT2D eigenvalue weighted by molar-refractivity contribution is -0.141. The van der Waals surface area contributed by atoms with E-state index in [9.17, 15) is 9.59 Å². The SMILES string of the molecule is C[C@@H](CCOC(=O)CS)[C@H](OC(=O)Nc1ccc(C#N)cc1)c1ccc(OCCO)cc1. The van der Waals surface area contributed by atoms with Crippen LogP contribution in [0.15, 0.2) is 48.5 Å². The molecule has 1 amide bonds. The zero-order valence-corrected chi connectivity index (χ0v) is 18.6. The number of carbonyl (C=O) groups is 2. The second-order valence-corrected chi connectivity index (χ2v) is 7.24. The summed E-state index contributed by atoms with van der Waals surface area (Å²) in [4.78, 5) is 23.9. The molecule has 0 saturated heterocycles. The van der Waals surface area contributed by atoms with Crippen molar-refractivity contribution in [3.05, 3.63) is 59.7 Å². The molecule has 32 heavy (non-hydrogen) atoms. The van der Waals surface area contributed by atoms with Crippen LogP contribution in [0.3, 0.4) is 0 Å². The standard InChI is InChI=1S/C23H26N2O6S/c1-16(10-12-30-21(27)15-32)22(18-4-8-20(9-5-18)29-13-11-26)31-23(28)25-19-6-2-17(14-24)3-7-19/h2-9,16,22,26,32H,10-13,15H2,1H3,(H,25,28)/t16-,22-/m0/s1. The van der Waals surface area contributed by atoms with Gasteiger partial charge in [0.2, 0.25) is 0 Å². The molecule has 0 heterocycles. The van der Waals surface area contributed by atoms with Gasteiger partial charge in [0.15, 0.2) is 0 Å². The summed E-state index contributed by atoms with van der Waals surface area (Å²) >= 11 is 3.88. The molecule has 2 aromatic carbocycles. The van der Waals surface area contributed by atoms with Crippen molar-refractivity contribution in [1.82, 2.24) is 0 Å². The molecule has 0 radical (unpaired) electrons. The van der Waals surface area contributed by atoms with Crippen LogP contribution in [0.1, 0.15) is 30.6 Å². The highest BCUT2D eigenvalue weighted by atomic mass is 32.1. The molecular formula is C23H26N2O6S. The number of hydrogen-bond acceptors (Lipinski definition) is 8. The quantitative estimate of drug-likeness (QED) is 0.347. The number of esters is 1. The Balaban J connectivity index is 2.10. The molecule has 0 aliphatic heterocycles. The van der Waals surface area contributed by atoms with Gasteiger partial charge in [-0.15, -0.1) is 0 Å². The van der Waals surface area contributed by atoms with Crippen LogP contribution in [0, 0.1) is 17.2 Å². The second-order valence-electron chi connectivity index (χ2n) is 6.93. The predicted molar refractivity (Wildman–Crippen MR) is 122 cm³/mol. The lowest BCUT2D eigenvalue weighted by Gasteiger charge is -2.25. The zero-order valence-electron chi connectivity index (χ0n) is 17.7. The maximum atomic E-state index is 12.5. The van der Waals surface area contributed by atoms with Gasteiger partial charge in [0.1, 0.15) is 18.5 Å². The van der Waals surface area contributed by atoms with Crippen molar-refractivity contribution in [2.45, 2.75) is 19.4 Å². The maximum Gasteiger partial charge on any atom is 0.412 e. The molecule has 2 N–H and O–H groups in total. The topological polar surface area (TPSA) is 118 Å². The van der Waals surface area contributed by atoms with E-state index < -0.39 is 18.2 Å². The molecule has 0 aliphatic carbocycles. The number of benzene rings is 2. The number of anilines is 1. The largest absolute Gasteiger partial charge is 0.491 e. The molecule has 2 rings (SSSR count). The Kier molecular flexibility index (Phi) is 10.4. The third-order valence-electron chi connectivity index (χ3n) is 4.55. The van der Waals surface area contributed by atoms with Crippen LogP contribution in [0.25, 0.3) is 0 Å². The Morgan fingerprint density at radius 1 is 1.12 bits per heavy atom. The number of nitriles is 1. The summed E-state index contributed by atoms with van der Waals surface area (Å²) in [6.07, 6.45) is -0.800. The van der Waals surface area contributed by atoms with Crippen molar-refractivity contribution in [1.29, 1.82) is 5.26 Å². The number of carbonyl (C=O) groups excluding carboxylic acids is 2. The van der Waals surface area contributed by atoms with Crippen LogP contribution in [0.4, 0.5) is 10.5 Å². The van der Waals surface area contributed by atoms with Gasteiger partial charge < -0.3 is 19.3 Å². The fourth-order valence-electron chi connectivity index (χ4n) is 2.88.